The second-order valence-corrected chi connectivity index (χ2v) is 8.19. The normalized spacial score (nSPS) is 13.5. The molecule has 7 heteroatoms. The van der Waals surface area contributed by atoms with Gasteiger partial charge in [0.1, 0.15) is 22.9 Å². The summed E-state index contributed by atoms with van der Waals surface area (Å²) >= 11 is 0. The van der Waals surface area contributed by atoms with Gasteiger partial charge in [-0.25, -0.2) is 4.98 Å². The molecule has 1 aliphatic rings. The zero-order valence-electron chi connectivity index (χ0n) is 19.9. The summed E-state index contributed by atoms with van der Waals surface area (Å²) in [7, 11) is 4.86. The van der Waals surface area contributed by atoms with Crippen LogP contribution in [0.3, 0.4) is 0 Å². The second kappa shape index (κ2) is 9.54. The summed E-state index contributed by atoms with van der Waals surface area (Å²) < 4.78 is 22.2. The predicted octanol–water partition coefficient (Wildman–Crippen LogP) is 5.45. The molecule has 0 saturated heterocycles. The van der Waals surface area contributed by atoms with Gasteiger partial charge in [-0.2, -0.15) is 0 Å². The number of furan rings is 1. The lowest BCUT2D eigenvalue weighted by Gasteiger charge is -2.28. The predicted molar refractivity (Wildman–Crippen MR) is 134 cm³/mol. The zero-order valence-corrected chi connectivity index (χ0v) is 19.9. The Labute approximate surface area is 203 Å². The first kappa shape index (κ1) is 22.5. The lowest BCUT2D eigenvalue weighted by atomic mass is 9.96. The molecule has 1 aliphatic heterocycles. The number of carbonyl (C=O) groups is 1. The summed E-state index contributed by atoms with van der Waals surface area (Å²) in [6.07, 6.45) is 4.33. The van der Waals surface area contributed by atoms with E-state index in [1.54, 1.807) is 27.6 Å². The molecule has 5 rings (SSSR count). The maximum atomic E-state index is 13.7. The summed E-state index contributed by atoms with van der Waals surface area (Å²) in [6, 6.07) is 16.8. The second-order valence-electron chi connectivity index (χ2n) is 8.19. The number of fused-ring (bicyclic) bond motifs is 1. The molecule has 3 heterocycles. The van der Waals surface area contributed by atoms with E-state index in [9.17, 15) is 4.79 Å². The Hall–Kier alpha value is -4.26. The van der Waals surface area contributed by atoms with Gasteiger partial charge in [-0.15, -0.1) is 0 Å². The quantitative estimate of drug-likeness (QED) is 0.373. The zero-order chi connectivity index (χ0) is 24.4. The molecule has 0 unspecified atom stereocenters. The molecule has 4 aromatic rings. The number of nitrogens with zero attached hydrogens (tertiary/aromatic N) is 2. The number of rotatable bonds is 6. The highest BCUT2D eigenvalue weighted by Crippen LogP contribution is 2.41. The molecule has 2 aromatic heterocycles. The minimum atomic E-state index is -0.0413. The Morgan fingerprint density at radius 3 is 2.37 bits per heavy atom. The molecule has 0 atom stereocenters. The molecule has 0 N–H and O–H groups in total. The van der Waals surface area contributed by atoms with E-state index < -0.39 is 0 Å². The molecule has 0 spiro atoms. The monoisotopic (exact) mass is 470 g/mol. The van der Waals surface area contributed by atoms with Crippen LogP contribution in [0.1, 0.15) is 22.3 Å². The third-order valence-electron chi connectivity index (χ3n) is 6.25. The van der Waals surface area contributed by atoms with E-state index in [2.05, 4.69) is 6.08 Å². The number of hydrogen-bond donors (Lipinski definition) is 0. The van der Waals surface area contributed by atoms with Crippen LogP contribution >= 0.6 is 0 Å². The average Bonchev–Trinajstić information content (AvgIpc) is 3.46. The minimum absolute atomic E-state index is 0.0413. The fraction of sp³-hybridized carbons (Fsp3) is 0.214. The number of amides is 1. The highest BCUT2D eigenvalue weighted by Gasteiger charge is 2.25. The van der Waals surface area contributed by atoms with Crippen molar-refractivity contribution < 1.29 is 23.4 Å². The van der Waals surface area contributed by atoms with E-state index in [1.807, 2.05) is 59.5 Å². The van der Waals surface area contributed by atoms with E-state index in [0.29, 0.717) is 53.8 Å². The van der Waals surface area contributed by atoms with Crippen LogP contribution in [-0.4, -0.2) is 50.2 Å². The van der Waals surface area contributed by atoms with Gasteiger partial charge in [-0.05, 0) is 36.3 Å². The fourth-order valence-electron chi connectivity index (χ4n) is 4.48. The van der Waals surface area contributed by atoms with Crippen LogP contribution in [0.2, 0.25) is 0 Å². The van der Waals surface area contributed by atoms with Crippen LogP contribution in [0.5, 0.6) is 17.2 Å². The number of hydrogen-bond acceptors (Lipinski definition) is 6. The van der Waals surface area contributed by atoms with Crippen molar-refractivity contribution in [3.8, 4) is 28.7 Å². The van der Waals surface area contributed by atoms with Gasteiger partial charge in [0.15, 0.2) is 5.76 Å². The molecule has 0 aliphatic carbocycles. The van der Waals surface area contributed by atoms with Crippen molar-refractivity contribution in [1.29, 1.82) is 0 Å². The SMILES string of the molecule is COc1cc(OC)c(C2=CCN(C(=O)c3cc(-c4ccco4)nc4ccccc34)CC2)c(OC)c1. The van der Waals surface area contributed by atoms with Crippen LogP contribution in [0.4, 0.5) is 0 Å². The van der Waals surface area contributed by atoms with Gasteiger partial charge in [0.2, 0.25) is 0 Å². The topological polar surface area (TPSA) is 74.0 Å². The Balaban J connectivity index is 1.48. The highest BCUT2D eigenvalue weighted by atomic mass is 16.5. The van der Waals surface area contributed by atoms with Crippen LogP contribution < -0.4 is 14.2 Å². The highest BCUT2D eigenvalue weighted by molar-refractivity contribution is 6.07. The van der Waals surface area contributed by atoms with Crippen molar-refractivity contribution in [3.05, 3.63) is 78.1 Å². The van der Waals surface area contributed by atoms with E-state index in [1.165, 1.54) is 0 Å². The maximum absolute atomic E-state index is 13.7. The minimum Gasteiger partial charge on any atom is -0.496 e. The molecular weight excluding hydrogens is 444 g/mol. The van der Waals surface area contributed by atoms with Gasteiger partial charge in [0.05, 0.1) is 44.2 Å². The van der Waals surface area contributed by atoms with Crippen LogP contribution in [0.15, 0.2) is 71.4 Å². The molecule has 35 heavy (non-hydrogen) atoms. The molecule has 0 radical (unpaired) electrons. The summed E-state index contributed by atoms with van der Waals surface area (Å²) in [5.41, 5.74) is 3.96. The summed E-state index contributed by atoms with van der Waals surface area (Å²) in [6.45, 7) is 1.04. The first-order valence-electron chi connectivity index (χ1n) is 11.3. The third kappa shape index (κ3) is 4.21. The summed E-state index contributed by atoms with van der Waals surface area (Å²) in [5.74, 6) is 2.60. The molecular formula is C28H26N2O5. The number of para-hydroxylation sites is 1. The molecule has 1 amide bonds. The van der Waals surface area contributed by atoms with E-state index in [-0.39, 0.29) is 5.91 Å². The van der Waals surface area contributed by atoms with Crippen molar-refractivity contribution in [1.82, 2.24) is 9.88 Å². The number of carbonyl (C=O) groups excluding carboxylic acids is 1. The Bertz CT molecular complexity index is 1380. The van der Waals surface area contributed by atoms with E-state index in [4.69, 9.17) is 23.6 Å². The number of methoxy groups -OCH3 is 3. The Morgan fingerprint density at radius 1 is 0.971 bits per heavy atom. The van der Waals surface area contributed by atoms with Gasteiger partial charge in [0.25, 0.3) is 5.91 Å². The smallest absolute Gasteiger partial charge is 0.254 e. The van der Waals surface area contributed by atoms with Crippen LogP contribution in [0.25, 0.3) is 27.9 Å². The third-order valence-corrected chi connectivity index (χ3v) is 6.25. The number of aromatic nitrogens is 1. The largest absolute Gasteiger partial charge is 0.496 e. The van der Waals surface area contributed by atoms with E-state index in [0.717, 1.165) is 22.0 Å². The van der Waals surface area contributed by atoms with Gasteiger partial charge in [0, 0.05) is 30.6 Å². The van der Waals surface area contributed by atoms with Crippen molar-refractivity contribution >= 4 is 22.4 Å². The average molecular weight is 471 g/mol. The first-order chi connectivity index (χ1) is 17.1. The maximum Gasteiger partial charge on any atom is 0.254 e. The standard InChI is InChI=1S/C28H26N2O5/c1-32-19-15-25(33-2)27(26(16-19)34-3)18-10-12-30(13-11-18)28(31)21-17-23(24-9-6-14-35-24)29-22-8-5-4-7-20(21)22/h4-10,14-17H,11-13H2,1-3H3. The van der Waals surface area contributed by atoms with Crippen molar-refractivity contribution in [3.63, 3.8) is 0 Å². The molecule has 178 valence electrons. The van der Waals surface area contributed by atoms with Gasteiger partial charge in [-0.3, -0.25) is 4.79 Å². The van der Waals surface area contributed by atoms with Crippen molar-refractivity contribution in [2.24, 2.45) is 0 Å². The molecule has 0 bridgehead atoms. The molecule has 0 fully saturated rings. The first-order valence-corrected chi connectivity index (χ1v) is 11.3. The van der Waals surface area contributed by atoms with Crippen LogP contribution in [-0.2, 0) is 0 Å². The van der Waals surface area contributed by atoms with E-state index >= 15 is 0 Å². The summed E-state index contributed by atoms with van der Waals surface area (Å²) in [4.78, 5) is 20.2. The van der Waals surface area contributed by atoms with Crippen molar-refractivity contribution in [2.45, 2.75) is 6.42 Å². The molecule has 0 saturated carbocycles. The van der Waals surface area contributed by atoms with Crippen molar-refractivity contribution in [2.75, 3.05) is 34.4 Å². The fourth-order valence-corrected chi connectivity index (χ4v) is 4.48. The van der Waals surface area contributed by atoms with Gasteiger partial charge >= 0.3 is 0 Å². The Kier molecular flexibility index (Phi) is 6.14. The van der Waals surface area contributed by atoms with Crippen LogP contribution in [0, 0.1) is 0 Å². The van der Waals surface area contributed by atoms with Gasteiger partial charge < -0.3 is 23.5 Å². The number of pyridine rings is 1. The Morgan fingerprint density at radius 2 is 1.74 bits per heavy atom. The molecule has 2 aromatic carbocycles. The number of benzene rings is 2. The number of ether oxygens (including phenoxy) is 3. The molecule has 7 nitrogen and oxygen atoms in total. The van der Waals surface area contributed by atoms with Gasteiger partial charge in [-0.1, -0.05) is 24.3 Å². The lowest BCUT2D eigenvalue weighted by Crippen LogP contribution is -2.35. The lowest BCUT2D eigenvalue weighted by molar-refractivity contribution is 0.0775. The summed E-state index contributed by atoms with van der Waals surface area (Å²) in [5, 5.41) is 0.820.